The van der Waals surface area contributed by atoms with Crippen molar-refractivity contribution in [3.63, 3.8) is 0 Å². The van der Waals surface area contributed by atoms with E-state index in [1.165, 1.54) is 4.90 Å². The Labute approximate surface area is 141 Å². The molecule has 0 amide bonds. The molecule has 0 bridgehead atoms. The first kappa shape index (κ1) is 15.0. The number of fused-ring (bicyclic) bond motifs is 1. The standard InChI is InChI=1S/C16H17N3O2S2/c1-10(19-4-6-21-7-5-19)14-17-15(20)13-11(9-23-16(13)18-14)12-3-2-8-22-12/h2-3,8-10H,4-7H2,1H3,(H,17,18,20)/p+1/t10-/m0/s1. The van der Waals surface area contributed by atoms with Crippen LogP contribution in [0.15, 0.2) is 27.7 Å². The fraction of sp³-hybridized carbons (Fsp3) is 0.375. The predicted octanol–water partition coefficient (Wildman–Crippen LogP) is 1.69. The number of aromatic amines is 1. The van der Waals surface area contributed by atoms with Crippen LogP contribution >= 0.6 is 22.7 Å². The highest BCUT2D eigenvalue weighted by Crippen LogP contribution is 2.33. The molecule has 1 aliphatic heterocycles. The van der Waals surface area contributed by atoms with Crippen molar-refractivity contribution in [1.82, 2.24) is 9.97 Å². The zero-order valence-electron chi connectivity index (χ0n) is 12.8. The molecular formula is C16H18N3O2S2+. The van der Waals surface area contributed by atoms with E-state index in [1.807, 2.05) is 22.9 Å². The van der Waals surface area contributed by atoms with E-state index in [-0.39, 0.29) is 11.6 Å². The molecule has 1 fully saturated rings. The van der Waals surface area contributed by atoms with Gasteiger partial charge in [-0.15, -0.1) is 22.7 Å². The number of aromatic nitrogens is 2. The van der Waals surface area contributed by atoms with Gasteiger partial charge in [-0.2, -0.15) is 0 Å². The van der Waals surface area contributed by atoms with Crippen molar-refractivity contribution >= 4 is 32.9 Å². The van der Waals surface area contributed by atoms with Gasteiger partial charge in [0.25, 0.3) is 5.56 Å². The van der Waals surface area contributed by atoms with Crippen LogP contribution in [0.4, 0.5) is 0 Å². The lowest BCUT2D eigenvalue weighted by Gasteiger charge is -2.28. The molecule has 7 heteroatoms. The molecule has 1 aliphatic rings. The van der Waals surface area contributed by atoms with E-state index < -0.39 is 0 Å². The summed E-state index contributed by atoms with van der Waals surface area (Å²) in [6, 6.07) is 4.21. The Bertz CT molecular complexity index is 863. The first-order valence-corrected chi connectivity index (χ1v) is 9.47. The number of H-pyrrole nitrogens is 1. The van der Waals surface area contributed by atoms with E-state index >= 15 is 0 Å². The van der Waals surface area contributed by atoms with Crippen LogP contribution in [0.2, 0.25) is 0 Å². The van der Waals surface area contributed by atoms with Crippen molar-refractivity contribution < 1.29 is 9.64 Å². The molecule has 0 saturated carbocycles. The molecule has 4 heterocycles. The number of nitrogens with one attached hydrogen (secondary N) is 2. The second-order valence-corrected chi connectivity index (χ2v) is 7.56. The Morgan fingerprint density at radius 1 is 1.35 bits per heavy atom. The molecule has 1 saturated heterocycles. The van der Waals surface area contributed by atoms with Crippen molar-refractivity contribution in [2.24, 2.45) is 0 Å². The summed E-state index contributed by atoms with van der Waals surface area (Å²) in [5.74, 6) is 0.777. The monoisotopic (exact) mass is 348 g/mol. The van der Waals surface area contributed by atoms with Crippen LogP contribution in [0.25, 0.3) is 20.7 Å². The molecule has 120 valence electrons. The molecule has 5 nitrogen and oxygen atoms in total. The number of ether oxygens (including phenoxy) is 1. The summed E-state index contributed by atoms with van der Waals surface area (Å²) >= 11 is 3.19. The largest absolute Gasteiger partial charge is 0.370 e. The van der Waals surface area contributed by atoms with Gasteiger partial charge in [0.05, 0.1) is 18.6 Å². The number of thiophene rings is 2. The molecule has 0 unspecified atom stereocenters. The van der Waals surface area contributed by atoms with Crippen LogP contribution < -0.4 is 10.5 Å². The summed E-state index contributed by atoms with van der Waals surface area (Å²) in [7, 11) is 0. The molecule has 4 rings (SSSR count). The summed E-state index contributed by atoms with van der Waals surface area (Å²) in [5.41, 5.74) is 0.959. The second kappa shape index (κ2) is 6.16. The Kier molecular flexibility index (Phi) is 4.02. The molecule has 1 atom stereocenters. The van der Waals surface area contributed by atoms with Crippen molar-refractivity contribution in [2.45, 2.75) is 13.0 Å². The highest BCUT2D eigenvalue weighted by Gasteiger charge is 2.25. The van der Waals surface area contributed by atoms with E-state index in [0.29, 0.717) is 5.39 Å². The van der Waals surface area contributed by atoms with Crippen LogP contribution in [-0.4, -0.2) is 36.3 Å². The lowest BCUT2D eigenvalue weighted by molar-refractivity contribution is -0.937. The zero-order valence-corrected chi connectivity index (χ0v) is 14.4. The van der Waals surface area contributed by atoms with Gasteiger partial charge in [0.1, 0.15) is 24.0 Å². The third-order valence-electron chi connectivity index (χ3n) is 4.41. The first-order chi connectivity index (χ1) is 11.2. The van der Waals surface area contributed by atoms with Gasteiger partial charge in [-0.25, -0.2) is 4.98 Å². The van der Waals surface area contributed by atoms with Gasteiger partial charge in [0.15, 0.2) is 5.82 Å². The van der Waals surface area contributed by atoms with Gasteiger partial charge in [0, 0.05) is 15.8 Å². The first-order valence-electron chi connectivity index (χ1n) is 7.71. The topological polar surface area (TPSA) is 59.4 Å². The average molecular weight is 348 g/mol. The van der Waals surface area contributed by atoms with Crippen LogP contribution in [0.3, 0.4) is 0 Å². The number of morpholine rings is 1. The molecule has 0 spiro atoms. The Hall–Kier alpha value is -1.54. The van der Waals surface area contributed by atoms with E-state index in [9.17, 15) is 4.79 Å². The lowest BCUT2D eigenvalue weighted by atomic mass is 10.2. The van der Waals surface area contributed by atoms with Crippen LogP contribution in [-0.2, 0) is 4.74 Å². The molecule has 23 heavy (non-hydrogen) atoms. The normalized spacial score (nSPS) is 17.6. The zero-order chi connectivity index (χ0) is 15.8. The van der Waals surface area contributed by atoms with Gasteiger partial charge < -0.3 is 14.6 Å². The van der Waals surface area contributed by atoms with Gasteiger partial charge in [-0.3, -0.25) is 4.79 Å². The molecule has 0 aliphatic carbocycles. The molecule has 3 aromatic heterocycles. The fourth-order valence-electron chi connectivity index (χ4n) is 3.04. The van der Waals surface area contributed by atoms with Crippen LogP contribution in [0.1, 0.15) is 18.8 Å². The van der Waals surface area contributed by atoms with E-state index in [4.69, 9.17) is 9.72 Å². The van der Waals surface area contributed by atoms with Gasteiger partial charge in [0.2, 0.25) is 0 Å². The van der Waals surface area contributed by atoms with Gasteiger partial charge >= 0.3 is 0 Å². The Morgan fingerprint density at radius 3 is 2.91 bits per heavy atom. The number of rotatable bonds is 3. The minimum Gasteiger partial charge on any atom is -0.370 e. The summed E-state index contributed by atoms with van der Waals surface area (Å²) in [4.78, 5) is 23.8. The smallest absolute Gasteiger partial charge is 0.260 e. The van der Waals surface area contributed by atoms with Crippen LogP contribution in [0, 0.1) is 0 Å². The molecule has 2 N–H and O–H groups in total. The summed E-state index contributed by atoms with van der Waals surface area (Å²) in [6.07, 6.45) is 0. The fourth-order valence-corrected chi connectivity index (χ4v) is 4.81. The molecule has 0 radical (unpaired) electrons. The number of quaternary nitrogens is 1. The van der Waals surface area contributed by atoms with Crippen molar-refractivity contribution in [3.8, 4) is 10.4 Å². The predicted molar refractivity (Wildman–Crippen MR) is 93.5 cm³/mol. The average Bonchev–Trinajstić information content (AvgIpc) is 3.24. The minimum atomic E-state index is -0.0332. The minimum absolute atomic E-state index is 0.0332. The SMILES string of the molecule is C[C@@H](c1nc2scc(-c3cccs3)c2c(=O)[nH]1)[NH+]1CCOCC1. The molecular weight excluding hydrogens is 330 g/mol. The van der Waals surface area contributed by atoms with E-state index in [1.54, 1.807) is 22.7 Å². The molecule has 0 aromatic carbocycles. The Morgan fingerprint density at radius 2 is 2.17 bits per heavy atom. The summed E-state index contributed by atoms with van der Waals surface area (Å²) < 4.78 is 5.41. The number of hydrogen-bond donors (Lipinski definition) is 2. The third kappa shape index (κ3) is 2.74. The highest BCUT2D eigenvalue weighted by molar-refractivity contribution is 7.18. The second-order valence-electron chi connectivity index (χ2n) is 5.75. The quantitative estimate of drug-likeness (QED) is 0.757. The maximum Gasteiger partial charge on any atom is 0.260 e. The van der Waals surface area contributed by atoms with Gasteiger partial charge in [-0.05, 0) is 18.4 Å². The van der Waals surface area contributed by atoms with Gasteiger partial charge in [-0.1, -0.05) is 6.07 Å². The highest BCUT2D eigenvalue weighted by atomic mass is 32.1. The lowest BCUT2D eigenvalue weighted by Crippen LogP contribution is -3.14. The summed E-state index contributed by atoms with van der Waals surface area (Å²) in [5, 5.41) is 4.78. The number of nitrogens with zero attached hydrogens (tertiary/aromatic N) is 1. The van der Waals surface area contributed by atoms with Crippen molar-refractivity contribution in [3.05, 3.63) is 39.1 Å². The van der Waals surface area contributed by atoms with E-state index in [0.717, 1.165) is 47.4 Å². The maximum atomic E-state index is 12.6. The Balaban J connectivity index is 1.75. The van der Waals surface area contributed by atoms with Crippen molar-refractivity contribution in [1.29, 1.82) is 0 Å². The maximum absolute atomic E-state index is 12.6. The summed E-state index contributed by atoms with van der Waals surface area (Å²) in [6.45, 7) is 5.57. The van der Waals surface area contributed by atoms with E-state index in [2.05, 4.69) is 11.9 Å². The number of hydrogen-bond acceptors (Lipinski definition) is 5. The third-order valence-corrected chi connectivity index (χ3v) is 6.18. The van der Waals surface area contributed by atoms with Crippen LogP contribution in [0.5, 0.6) is 0 Å². The molecule has 3 aromatic rings. The van der Waals surface area contributed by atoms with Crippen molar-refractivity contribution in [2.75, 3.05) is 26.3 Å².